The predicted molar refractivity (Wildman–Crippen MR) is 95.9 cm³/mol. The van der Waals surface area contributed by atoms with Crippen molar-refractivity contribution in [3.63, 3.8) is 0 Å². The molecule has 0 radical (unpaired) electrons. The summed E-state index contributed by atoms with van der Waals surface area (Å²) >= 11 is 1.33. The lowest BCUT2D eigenvalue weighted by Crippen LogP contribution is -2.38. The molecule has 0 aliphatic carbocycles. The third-order valence-electron chi connectivity index (χ3n) is 3.86. The van der Waals surface area contributed by atoms with Crippen molar-refractivity contribution >= 4 is 17.7 Å². The van der Waals surface area contributed by atoms with Gasteiger partial charge in [-0.1, -0.05) is 12.1 Å². The van der Waals surface area contributed by atoms with Crippen molar-refractivity contribution in [2.75, 3.05) is 0 Å². The maximum atomic E-state index is 12.9. The Kier molecular flexibility index (Phi) is 6.19. The van der Waals surface area contributed by atoms with Gasteiger partial charge in [0.1, 0.15) is 5.82 Å². The van der Waals surface area contributed by atoms with E-state index in [1.54, 1.807) is 26.1 Å². The van der Waals surface area contributed by atoms with Crippen LogP contribution in [-0.2, 0) is 31.2 Å². The molecule has 2 aromatic rings. The fourth-order valence-corrected chi connectivity index (χ4v) is 3.07. The number of nitrogens with one attached hydrogen (secondary N) is 1. The topological polar surface area (TPSA) is 73.1 Å². The van der Waals surface area contributed by atoms with E-state index in [9.17, 15) is 18.8 Å². The van der Waals surface area contributed by atoms with Crippen LogP contribution < -0.4 is 16.6 Å². The van der Waals surface area contributed by atoms with Crippen molar-refractivity contribution in [1.29, 1.82) is 0 Å². The van der Waals surface area contributed by atoms with E-state index in [1.165, 1.54) is 41.6 Å². The van der Waals surface area contributed by atoms with Crippen molar-refractivity contribution in [2.24, 2.45) is 14.1 Å². The highest BCUT2D eigenvalue weighted by Gasteiger charge is 2.15. The van der Waals surface area contributed by atoms with Crippen LogP contribution in [0.15, 0.2) is 39.9 Å². The first-order chi connectivity index (χ1) is 11.8. The van der Waals surface area contributed by atoms with Crippen LogP contribution in [0.2, 0.25) is 0 Å². The van der Waals surface area contributed by atoms with E-state index in [0.717, 1.165) is 10.1 Å². The second-order valence-corrected chi connectivity index (χ2v) is 7.00. The Morgan fingerprint density at radius 3 is 2.48 bits per heavy atom. The van der Waals surface area contributed by atoms with E-state index >= 15 is 0 Å². The zero-order valence-corrected chi connectivity index (χ0v) is 15.1. The van der Waals surface area contributed by atoms with Crippen molar-refractivity contribution in [2.45, 2.75) is 24.5 Å². The van der Waals surface area contributed by atoms with E-state index < -0.39 is 5.69 Å². The molecule has 1 N–H and O–H groups in total. The highest BCUT2D eigenvalue weighted by Crippen LogP contribution is 2.16. The molecule has 1 heterocycles. The van der Waals surface area contributed by atoms with E-state index in [0.29, 0.717) is 18.0 Å². The fraction of sp³-hybridized carbons (Fsp3) is 0.353. The van der Waals surface area contributed by atoms with Gasteiger partial charge in [0.05, 0.1) is 5.25 Å². The third-order valence-corrected chi connectivity index (χ3v) is 5.03. The van der Waals surface area contributed by atoms with Gasteiger partial charge in [-0.3, -0.25) is 18.7 Å². The molecule has 1 unspecified atom stereocenters. The maximum absolute atomic E-state index is 12.9. The summed E-state index contributed by atoms with van der Waals surface area (Å²) < 4.78 is 15.3. The van der Waals surface area contributed by atoms with Gasteiger partial charge in [0.15, 0.2) is 0 Å². The zero-order valence-electron chi connectivity index (χ0n) is 14.3. The molecule has 0 bridgehead atoms. The van der Waals surface area contributed by atoms with Crippen LogP contribution in [0.5, 0.6) is 0 Å². The molecule has 134 valence electrons. The van der Waals surface area contributed by atoms with Gasteiger partial charge in [-0.05, 0) is 24.6 Å². The smallest absolute Gasteiger partial charge is 0.330 e. The van der Waals surface area contributed by atoms with Crippen LogP contribution in [0.1, 0.15) is 18.2 Å². The van der Waals surface area contributed by atoms with Crippen LogP contribution in [0, 0.1) is 5.82 Å². The van der Waals surface area contributed by atoms with Crippen molar-refractivity contribution < 1.29 is 9.18 Å². The van der Waals surface area contributed by atoms with Gasteiger partial charge >= 0.3 is 5.69 Å². The molecule has 8 heteroatoms. The van der Waals surface area contributed by atoms with E-state index in [2.05, 4.69) is 5.32 Å². The molecule has 0 saturated carbocycles. The van der Waals surface area contributed by atoms with Crippen LogP contribution in [0.25, 0.3) is 0 Å². The lowest BCUT2D eigenvalue weighted by Gasteiger charge is -2.14. The van der Waals surface area contributed by atoms with Gasteiger partial charge in [0, 0.05) is 38.2 Å². The van der Waals surface area contributed by atoms with Crippen LogP contribution in [0.3, 0.4) is 0 Å². The molecule has 0 aliphatic rings. The highest BCUT2D eigenvalue weighted by atomic mass is 32.2. The molecule has 0 aliphatic heterocycles. The Hall–Kier alpha value is -2.35. The number of thioether (sulfide) groups is 1. The molecule has 0 spiro atoms. The predicted octanol–water partition coefficient (Wildman–Crippen LogP) is 1.16. The molecule has 0 saturated heterocycles. The highest BCUT2D eigenvalue weighted by molar-refractivity contribution is 7.99. The Labute approximate surface area is 148 Å². The average molecular weight is 365 g/mol. The largest absolute Gasteiger partial charge is 0.351 e. The fourth-order valence-electron chi connectivity index (χ4n) is 2.14. The minimum atomic E-state index is -0.392. The lowest BCUT2D eigenvalue weighted by atomic mass is 10.2. The number of halogens is 1. The summed E-state index contributed by atoms with van der Waals surface area (Å²) in [6.45, 7) is 2.07. The summed E-state index contributed by atoms with van der Waals surface area (Å²) in [4.78, 5) is 35.7. The monoisotopic (exact) mass is 365 g/mol. The first kappa shape index (κ1) is 19.0. The van der Waals surface area contributed by atoms with E-state index in [1.807, 2.05) is 0 Å². The first-order valence-corrected chi connectivity index (χ1v) is 8.74. The summed E-state index contributed by atoms with van der Waals surface area (Å²) in [6, 6.07) is 7.32. The second kappa shape index (κ2) is 8.15. The Balaban J connectivity index is 1.92. The minimum absolute atomic E-state index is 0.164. The molecule has 1 aromatic carbocycles. The van der Waals surface area contributed by atoms with E-state index in [4.69, 9.17) is 0 Å². The number of hydrogen-bond donors (Lipinski definition) is 1. The number of hydrogen-bond acceptors (Lipinski definition) is 4. The van der Waals surface area contributed by atoms with Crippen molar-refractivity contribution in [3.8, 4) is 0 Å². The quantitative estimate of drug-likeness (QED) is 0.834. The number of benzene rings is 1. The molecule has 0 fully saturated rings. The van der Waals surface area contributed by atoms with Gasteiger partial charge in [-0.25, -0.2) is 9.18 Å². The summed E-state index contributed by atoms with van der Waals surface area (Å²) in [7, 11) is 3.02. The number of carbonyl (C=O) groups is 1. The third kappa shape index (κ3) is 4.82. The number of rotatable bonds is 6. The minimum Gasteiger partial charge on any atom is -0.351 e. The summed E-state index contributed by atoms with van der Waals surface area (Å²) in [5.74, 6) is -0.116. The van der Waals surface area contributed by atoms with Gasteiger partial charge in [0.25, 0.3) is 5.56 Å². The normalized spacial score (nSPS) is 12.0. The SMILES string of the molecule is CC(SCc1cc(=O)n(C)c(=O)n1C)C(=O)NCc1ccc(F)cc1. The summed E-state index contributed by atoms with van der Waals surface area (Å²) in [5.41, 5.74) is 0.612. The standard InChI is InChI=1S/C17H20FN3O3S/c1-11(16(23)19-9-12-4-6-13(18)7-5-12)25-10-14-8-15(22)21(3)17(24)20(14)2/h4-8,11H,9-10H2,1-3H3,(H,19,23). The van der Waals surface area contributed by atoms with Crippen molar-refractivity contribution in [3.05, 3.63) is 68.2 Å². The van der Waals surface area contributed by atoms with Gasteiger partial charge in [-0.15, -0.1) is 11.8 Å². The molecular weight excluding hydrogens is 345 g/mol. The van der Waals surface area contributed by atoms with Crippen LogP contribution in [-0.4, -0.2) is 20.3 Å². The lowest BCUT2D eigenvalue weighted by molar-refractivity contribution is -0.120. The molecule has 1 aromatic heterocycles. The first-order valence-electron chi connectivity index (χ1n) is 7.69. The van der Waals surface area contributed by atoms with Gasteiger partial charge in [0.2, 0.25) is 5.91 Å². The Bertz CT molecular complexity index is 874. The average Bonchev–Trinajstić information content (AvgIpc) is 2.60. The van der Waals surface area contributed by atoms with Crippen LogP contribution in [0.4, 0.5) is 4.39 Å². The molecular formula is C17H20FN3O3S. The summed E-state index contributed by atoms with van der Waals surface area (Å²) in [6.07, 6.45) is 0. The maximum Gasteiger partial charge on any atom is 0.330 e. The zero-order chi connectivity index (χ0) is 18.6. The molecule has 6 nitrogen and oxygen atoms in total. The number of aromatic nitrogens is 2. The second-order valence-electron chi connectivity index (χ2n) is 5.67. The molecule has 2 rings (SSSR count). The summed E-state index contributed by atoms with van der Waals surface area (Å²) in [5, 5.41) is 2.42. The van der Waals surface area contributed by atoms with Crippen molar-refractivity contribution in [1.82, 2.24) is 14.5 Å². The van der Waals surface area contributed by atoms with E-state index in [-0.39, 0.29) is 22.5 Å². The Morgan fingerprint density at radius 2 is 1.84 bits per heavy atom. The van der Waals surface area contributed by atoms with Gasteiger partial charge < -0.3 is 5.32 Å². The van der Waals surface area contributed by atoms with Gasteiger partial charge in [-0.2, -0.15) is 0 Å². The molecule has 1 atom stereocenters. The number of carbonyl (C=O) groups excluding carboxylic acids is 1. The van der Waals surface area contributed by atoms with Crippen LogP contribution >= 0.6 is 11.8 Å². The molecule has 1 amide bonds. The number of nitrogens with zero attached hydrogens (tertiary/aromatic N) is 2. The molecule has 25 heavy (non-hydrogen) atoms. The number of amides is 1. The Morgan fingerprint density at radius 1 is 1.20 bits per heavy atom.